The van der Waals surface area contributed by atoms with Crippen LogP contribution in [-0.4, -0.2) is 20.5 Å². The van der Waals surface area contributed by atoms with Crippen molar-refractivity contribution in [3.05, 3.63) is 34.0 Å². The van der Waals surface area contributed by atoms with Crippen molar-refractivity contribution in [2.45, 2.75) is 6.92 Å². The molecule has 0 radical (unpaired) electrons. The van der Waals surface area contributed by atoms with Gasteiger partial charge in [-0.25, -0.2) is 0 Å². The molecule has 0 saturated carbocycles. The number of ketones is 1. The molecule has 72 valence electrons. The van der Waals surface area contributed by atoms with E-state index in [1.807, 2.05) is 6.92 Å². The number of rotatable bonds is 2. The molecule has 2 aromatic rings. The van der Waals surface area contributed by atoms with E-state index in [-0.39, 0.29) is 5.78 Å². The van der Waals surface area contributed by atoms with Gasteiger partial charge in [0.15, 0.2) is 0 Å². The van der Waals surface area contributed by atoms with E-state index < -0.39 is 0 Å². The first kappa shape index (κ1) is 9.08. The maximum Gasteiger partial charge on any atom is 0.222 e. The van der Waals surface area contributed by atoms with Crippen molar-refractivity contribution in [2.75, 3.05) is 0 Å². The van der Waals surface area contributed by atoms with Crippen molar-refractivity contribution in [3.63, 3.8) is 0 Å². The van der Waals surface area contributed by atoms with Crippen LogP contribution in [-0.2, 0) is 7.05 Å². The van der Waals surface area contributed by atoms with Gasteiger partial charge < -0.3 is 0 Å². The summed E-state index contributed by atoms with van der Waals surface area (Å²) in [6.45, 7) is 1.88. The molecule has 14 heavy (non-hydrogen) atoms. The van der Waals surface area contributed by atoms with Gasteiger partial charge in [0, 0.05) is 13.2 Å². The van der Waals surface area contributed by atoms with Crippen molar-refractivity contribution in [1.29, 1.82) is 0 Å². The van der Waals surface area contributed by atoms with E-state index in [0.29, 0.717) is 10.6 Å². The number of aryl methyl sites for hydroxylation is 2. The van der Waals surface area contributed by atoms with Gasteiger partial charge in [-0.3, -0.25) is 14.5 Å². The molecule has 2 rings (SSSR count). The molecule has 0 amide bonds. The summed E-state index contributed by atoms with van der Waals surface area (Å²) >= 11 is 1.34. The largest absolute Gasteiger partial charge is 0.286 e. The van der Waals surface area contributed by atoms with Crippen molar-refractivity contribution in [1.82, 2.24) is 14.8 Å². The molecule has 0 fully saturated rings. The zero-order chi connectivity index (χ0) is 10.1. The fraction of sp³-hybridized carbons (Fsp3) is 0.222. The summed E-state index contributed by atoms with van der Waals surface area (Å²) in [5.74, 6) is -0.00926. The smallest absolute Gasteiger partial charge is 0.222 e. The molecule has 2 aromatic heterocycles. The summed E-state index contributed by atoms with van der Waals surface area (Å²) < 4.78 is 1.59. The maximum atomic E-state index is 11.9. The van der Waals surface area contributed by atoms with Crippen LogP contribution in [0.25, 0.3) is 0 Å². The van der Waals surface area contributed by atoms with Crippen LogP contribution in [0.15, 0.2) is 17.9 Å². The molecule has 0 aliphatic rings. The molecule has 5 heteroatoms. The van der Waals surface area contributed by atoms with Crippen LogP contribution in [0.5, 0.6) is 0 Å². The van der Waals surface area contributed by atoms with Crippen LogP contribution < -0.4 is 0 Å². The van der Waals surface area contributed by atoms with Crippen molar-refractivity contribution >= 4 is 17.1 Å². The summed E-state index contributed by atoms with van der Waals surface area (Å²) in [6, 6.07) is 0. The normalized spacial score (nSPS) is 10.4. The van der Waals surface area contributed by atoms with Crippen LogP contribution >= 0.6 is 11.3 Å². The number of hydrogen-bond donors (Lipinski definition) is 0. The highest BCUT2D eigenvalue weighted by molar-refractivity contribution is 7.11. The van der Waals surface area contributed by atoms with Crippen LogP contribution in [0.2, 0.25) is 0 Å². The molecule has 0 aromatic carbocycles. The Morgan fingerprint density at radius 3 is 2.79 bits per heavy atom. The quantitative estimate of drug-likeness (QED) is 0.700. The van der Waals surface area contributed by atoms with Gasteiger partial charge in [-0.1, -0.05) is 0 Å². The van der Waals surface area contributed by atoms with Crippen molar-refractivity contribution < 1.29 is 4.79 Å². The Kier molecular flexibility index (Phi) is 2.17. The van der Waals surface area contributed by atoms with Gasteiger partial charge in [-0.15, -0.1) is 11.3 Å². The zero-order valence-corrected chi connectivity index (χ0v) is 8.71. The highest BCUT2D eigenvalue weighted by atomic mass is 32.1. The van der Waals surface area contributed by atoms with E-state index in [0.717, 1.165) is 5.56 Å². The first-order chi connectivity index (χ1) is 6.70. The maximum absolute atomic E-state index is 11.9. The molecule has 0 saturated heterocycles. The number of thiazole rings is 1. The van der Waals surface area contributed by atoms with Crippen LogP contribution in [0, 0.1) is 6.92 Å². The van der Waals surface area contributed by atoms with E-state index in [2.05, 4.69) is 10.1 Å². The molecule has 0 aliphatic carbocycles. The Bertz CT molecular complexity index is 439. The average Bonchev–Trinajstić information content (AvgIpc) is 2.75. The lowest BCUT2D eigenvalue weighted by atomic mass is 10.2. The minimum Gasteiger partial charge on any atom is -0.286 e. The number of aromatic nitrogens is 3. The van der Waals surface area contributed by atoms with Crippen molar-refractivity contribution in [3.8, 4) is 0 Å². The SMILES string of the molecule is Cc1cnn(C)c1C(=O)c1cncs1. The average molecular weight is 207 g/mol. The third-order valence-corrected chi connectivity index (χ3v) is 2.76. The lowest BCUT2D eigenvalue weighted by Gasteiger charge is -1.99. The molecule has 0 aliphatic heterocycles. The van der Waals surface area contributed by atoms with Crippen LogP contribution in [0.4, 0.5) is 0 Å². The second-order valence-corrected chi connectivity index (χ2v) is 3.88. The third-order valence-electron chi connectivity index (χ3n) is 1.99. The Hall–Kier alpha value is -1.49. The molecule has 0 unspecified atom stereocenters. The van der Waals surface area contributed by atoms with E-state index in [1.165, 1.54) is 11.3 Å². The zero-order valence-electron chi connectivity index (χ0n) is 7.89. The number of hydrogen-bond acceptors (Lipinski definition) is 4. The van der Waals surface area contributed by atoms with Crippen LogP contribution in [0.1, 0.15) is 20.9 Å². The van der Waals surface area contributed by atoms with Crippen LogP contribution in [0.3, 0.4) is 0 Å². The number of carbonyl (C=O) groups is 1. The molecule has 4 nitrogen and oxygen atoms in total. The lowest BCUT2D eigenvalue weighted by molar-refractivity contribution is 0.103. The molecule has 0 atom stereocenters. The second-order valence-electron chi connectivity index (χ2n) is 2.99. The molecular formula is C9H9N3OS. The van der Waals surface area contributed by atoms with Gasteiger partial charge in [0.1, 0.15) is 5.69 Å². The first-order valence-corrected chi connectivity index (χ1v) is 5.00. The lowest BCUT2D eigenvalue weighted by Crippen LogP contribution is -2.08. The van der Waals surface area contributed by atoms with E-state index in [1.54, 1.807) is 29.6 Å². The summed E-state index contributed by atoms with van der Waals surface area (Å²) in [4.78, 5) is 16.4. The van der Waals surface area contributed by atoms with Gasteiger partial charge in [0.2, 0.25) is 5.78 Å². The van der Waals surface area contributed by atoms with Crippen molar-refractivity contribution in [2.24, 2.45) is 7.05 Å². The Morgan fingerprint density at radius 1 is 1.50 bits per heavy atom. The second kappa shape index (κ2) is 3.34. The molecule has 0 spiro atoms. The Balaban J connectivity index is 2.46. The van der Waals surface area contributed by atoms with E-state index in [4.69, 9.17) is 0 Å². The minimum atomic E-state index is -0.00926. The fourth-order valence-corrected chi connectivity index (χ4v) is 1.88. The monoisotopic (exact) mass is 207 g/mol. The van der Waals surface area contributed by atoms with Gasteiger partial charge in [0.25, 0.3) is 0 Å². The predicted molar refractivity (Wildman–Crippen MR) is 53.5 cm³/mol. The summed E-state index contributed by atoms with van der Waals surface area (Å²) in [5, 5.41) is 4.03. The number of nitrogens with zero attached hydrogens (tertiary/aromatic N) is 3. The van der Waals surface area contributed by atoms with Gasteiger partial charge >= 0.3 is 0 Å². The van der Waals surface area contributed by atoms with Gasteiger partial charge in [0.05, 0.1) is 16.6 Å². The molecule has 0 bridgehead atoms. The van der Waals surface area contributed by atoms with E-state index >= 15 is 0 Å². The molecular weight excluding hydrogens is 198 g/mol. The summed E-state index contributed by atoms with van der Waals surface area (Å²) in [5.41, 5.74) is 3.18. The highest BCUT2D eigenvalue weighted by Gasteiger charge is 2.16. The first-order valence-electron chi connectivity index (χ1n) is 4.12. The van der Waals surface area contributed by atoms with Gasteiger partial charge in [-0.05, 0) is 12.5 Å². The Morgan fingerprint density at radius 2 is 2.29 bits per heavy atom. The van der Waals surface area contributed by atoms with E-state index in [9.17, 15) is 4.79 Å². The van der Waals surface area contributed by atoms with Gasteiger partial charge in [-0.2, -0.15) is 5.10 Å². The Labute approximate surface area is 85.2 Å². The summed E-state index contributed by atoms with van der Waals surface area (Å²) in [7, 11) is 1.77. The number of carbonyl (C=O) groups excluding carboxylic acids is 1. The predicted octanol–water partition coefficient (Wildman–Crippen LogP) is 1.42. The standard InChI is InChI=1S/C9H9N3OS/c1-6-3-11-12(2)8(6)9(13)7-4-10-5-14-7/h3-5H,1-2H3. The molecule has 0 N–H and O–H groups in total. The third kappa shape index (κ3) is 1.35. The molecule has 2 heterocycles. The fourth-order valence-electron chi connectivity index (χ4n) is 1.32. The minimum absolute atomic E-state index is 0.00926. The topological polar surface area (TPSA) is 47.8 Å². The highest BCUT2D eigenvalue weighted by Crippen LogP contribution is 2.15. The summed E-state index contributed by atoms with van der Waals surface area (Å²) in [6.07, 6.45) is 3.27.